The highest BCUT2D eigenvalue weighted by Gasteiger charge is 2.15. The van der Waals surface area contributed by atoms with Gasteiger partial charge in [0, 0.05) is 21.7 Å². The number of ether oxygens (including phenoxy) is 2. The summed E-state index contributed by atoms with van der Waals surface area (Å²) < 4.78 is 11.5. The van der Waals surface area contributed by atoms with E-state index < -0.39 is 10.8 Å². The van der Waals surface area contributed by atoms with Crippen LogP contribution in [0.5, 0.6) is 11.5 Å². The molecule has 0 fully saturated rings. The number of carbonyl (C=O) groups is 1. The number of hydrogen-bond donors (Lipinski definition) is 1. The van der Waals surface area contributed by atoms with Crippen LogP contribution >= 0.6 is 15.9 Å². The number of amides is 1. The Labute approximate surface area is 164 Å². The monoisotopic (exact) mass is 435 g/mol. The van der Waals surface area contributed by atoms with E-state index >= 15 is 0 Å². The van der Waals surface area contributed by atoms with Gasteiger partial charge in [0.25, 0.3) is 5.69 Å². The Balaban J connectivity index is 2.08. The molecule has 27 heavy (non-hydrogen) atoms. The molecule has 142 valence electrons. The molecule has 0 radical (unpaired) electrons. The van der Waals surface area contributed by atoms with E-state index in [1.165, 1.54) is 18.3 Å². The molecule has 0 atom stereocenters. The van der Waals surface area contributed by atoms with E-state index in [1.807, 2.05) is 6.92 Å². The van der Waals surface area contributed by atoms with Crippen molar-refractivity contribution in [2.24, 2.45) is 5.10 Å². The second-order valence-corrected chi connectivity index (χ2v) is 6.17. The topological polar surface area (TPSA) is 103 Å². The predicted octanol–water partition coefficient (Wildman–Crippen LogP) is 3.46. The molecule has 0 aromatic heterocycles. The lowest BCUT2D eigenvalue weighted by atomic mass is 10.1. The molecular weight excluding hydrogens is 418 g/mol. The number of methoxy groups -OCH3 is 1. The number of hydrogen-bond acceptors (Lipinski definition) is 6. The quantitative estimate of drug-likeness (QED) is 0.388. The van der Waals surface area contributed by atoms with E-state index in [9.17, 15) is 14.9 Å². The molecule has 2 aromatic carbocycles. The zero-order chi connectivity index (χ0) is 19.8. The molecule has 8 nitrogen and oxygen atoms in total. The van der Waals surface area contributed by atoms with Crippen molar-refractivity contribution < 1.29 is 19.2 Å². The largest absolute Gasteiger partial charge is 0.493 e. The lowest BCUT2D eigenvalue weighted by Crippen LogP contribution is -2.20. The molecule has 0 unspecified atom stereocenters. The Morgan fingerprint density at radius 2 is 2.07 bits per heavy atom. The summed E-state index contributed by atoms with van der Waals surface area (Å²) in [5.74, 6) is 0.660. The summed E-state index contributed by atoms with van der Waals surface area (Å²) >= 11 is 3.41. The Morgan fingerprint density at radius 3 is 2.74 bits per heavy atom. The Hall–Kier alpha value is -2.94. The lowest BCUT2D eigenvalue weighted by Gasteiger charge is -2.11. The fourth-order valence-corrected chi connectivity index (χ4v) is 2.73. The first-order valence-electron chi connectivity index (χ1n) is 8.00. The molecule has 0 heterocycles. The Morgan fingerprint density at radius 1 is 1.33 bits per heavy atom. The maximum atomic E-state index is 12.0. The Bertz CT molecular complexity index is 870. The van der Waals surface area contributed by atoms with Crippen LogP contribution in [-0.2, 0) is 11.2 Å². The fourth-order valence-electron chi connectivity index (χ4n) is 2.30. The van der Waals surface area contributed by atoms with Gasteiger partial charge in [-0.05, 0) is 35.0 Å². The van der Waals surface area contributed by atoms with Crippen molar-refractivity contribution in [2.45, 2.75) is 13.3 Å². The van der Waals surface area contributed by atoms with Gasteiger partial charge in [0.2, 0.25) is 5.91 Å². The van der Waals surface area contributed by atoms with Gasteiger partial charge >= 0.3 is 0 Å². The average Bonchev–Trinajstić information content (AvgIpc) is 2.64. The van der Waals surface area contributed by atoms with Crippen LogP contribution in [0.15, 0.2) is 46.0 Å². The van der Waals surface area contributed by atoms with Crippen LogP contribution in [0.1, 0.15) is 18.1 Å². The van der Waals surface area contributed by atoms with Gasteiger partial charge < -0.3 is 9.47 Å². The van der Waals surface area contributed by atoms with Crippen LogP contribution in [0, 0.1) is 10.1 Å². The number of nitrogens with zero attached hydrogens (tertiary/aromatic N) is 2. The van der Waals surface area contributed by atoms with Crippen molar-refractivity contribution >= 4 is 33.7 Å². The molecule has 0 saturated heterocycles. The molecule has 0 spiro atoms. The summed E-state index contributed by atoms with van der Waals surface area (Å²) in [7, 11) is 1.54. The smallest absolute Gasteiger partial charge is 0.273 e. The van der Waals surface area contributed by atoms with Gasteiger partial charge in [0.1, 0.15) is 0 Å². The van der Waals surface area contributed by atoms with E-state index in [2.05, 4.69) is 26.5 Å². The van der Waals surface area contributed by atoms with E-state index in [4.69, 9.17) is 9.47 Å². The van der Waals surface area contributed by atoms with Gasteiger partial charge in [0.05, 0.1) is 31.3 Å². The van der Waals surface area contributed by atoms with Crippen molar-refractivity contribution in [2.75, 3.05) is 13.7 Å². The molecular formula is C18H18BrN3O5. The summed E-state index contributed by atoms with van der Waals surface area (Å²) in [6.07, 6.45) is 1.30. The zero-order valence-electron chi connectivity index (χ0n) is 14.8. The minimum Gasteiger partial charge on any atom is -0.493 e. The van der Waals surface area contributed by atoms with Gasteiger partial charge in [0.15, 0.2) is 11.5 Å². The summed E-state index contributed by atoms with van der Waals surface area (Å²) in [6.45, 7) is 2.33. The van der Waals surface area contributed by atoms with Gasteiger partial charge in [-0.25, -0.2) is 5.43 Å². The van der Waals surface area contributed by atoms with Gasteiger partial charge in [-0.1, -0.05) is 18.2 Å². The summed E-state index contributed by atoms with van der Waals surface area (Å²) in [6, 6.07) is 9.55. The van der Waals surface area contributed by atoms with Gasteiger partial charge in [-0.2, -0.15) is 5.10 Å². The first-order valence-corrected chi connectivity index (χ1v) is 8.80. The number of nitro groups is 1. The van der Waals surface area contributed by atoms with Gasteiger partial charge in [-0.3, -0.25) is 14.9 Å². The zero-order valence-corrected chi connectivity index (χ0v) is 16.4. The standard InChI is InChI=1S/C18H18BrN3O5/c1-3-27-17-8-13(14(19)10-16(17)26-2)11-20-21-18(23)9-12-6-4-5-7-15(12)22(24)25/h4-8,10-11H,3,9H2,1-2H3,(H,21,23). The molecule has 1 N–H and O–H groups in total. The number of hydrazone groups is 1. The van der Waals surface area contributed by atoms with Crippen molar-refractivity contribution in [3.8, 4) is 11.5 Å². The molecule has 1 amide bonds. The van der Waals surface area contributed by atoms with E-state index in [-0.39, 0.29) is 12.1 Å². The van der Waals surface area contributed by atoms with Crippen LogP contribution in [-0.4, -0.2) is 30.8 Å². The number of carbonyl (C=O) groups excluding carboxylic acids is 1. The summed E-state index contributed by atoms with van der Waals surface area (Å²) in [5.41, 5.74) is 3.26. The van der Waals surface area contributed by atoms with E-state index in [0.717, 1.165) is 0 Å². The molecule has 0 bridgehead atoms. The highest BCUT2D eigenvalue weighted by molar-refractivity contribution is 9.10. The van der Waals surface area contributed by atoms with Crippen molar-refractivity contribution in [1.82, 2.24) is 5.43 Å². The third-order valence-electron chi connectivity index (χ3n) is 3.51. The summed E-state index contributed by atoms with van der Waals surface area (Å²) in [4.78, 5) is 22.5. The van der Waals surface area contributed by atoms with E-state index in [0.29, 0.717) is 33.7 Å². The highest BCUT2D eigenvalue weighted by Crippen LogP contribution is 2.32. The van der Waals surface area contributed by atoms with Crippen LogP contribution in [0.3, 0.4) is 0 Å². The van der Waals surface area contributed by atoms with Gasteiger partial charge in [-0.15, -0.1) is 0 Å². The second-order valence-electron chi connectivity index (χ2n) is 5.31. The van der Waals surface area contributed by atoms with Crippen LogP contribution in [0.25, 0.3) is 0 Å². The lowest BCUT2D eigenvalue weighted by molar-refractivity contribution is -0.385. The third-order valence-corrected chi connectivity index (χ3v) is 4.20. The maximum absolute atomic E-state index is 12.0. The number of nitrogens with one attached hydrogen (secondary N) is 1. The maximum Gasteiger partial charge on any atom is 0.273 e. The number of rotatable bonds is 8. The minimum absolute atomic E-state index is 0.101. The fraction of sp³-hybridized carbons (Fsp3) is 0.222. The first-order chi connectivity index (χ1) is 13.0. The molecule has 0 saturated carbocycles. The molecule has 0 aliphatic heterocycles. The van der Waals surface area contributed by atoms with Crippen molar-refractivity contribution in [3.63, 3.8) is 0 Å². The Kier molecular flexibility index (Phi) is 7.30. The SMILES string of the molecule is CCOc1cc(C=NNC(=O)Cc2ccccc2[N+](=O)[O-])c(Br)cc1OC. The van der Waals surface area contributed by atoms with Crippen LogP contribution in [0.2, 0.25) is 0 Å². The van der Waals surface area contributed by atoms with Crippen molar-refractivity contribution in [3.05, 3.63) is 62.1 Å². The van der Waals surface area contributed by atoms with E-state index in [1.54, 1.807) is 31.4 Å². The molecule has 2 rings (SSSR count). The molecule has 0 aliphatic rings. The first kappa shape index (κ1) is 20.4. The molecule has 0 aliphatic carbocycles. The summed E-state index contributed by atoms with van der Waals surface area (Å²) in [5, 5.41) is 14.9. The number of benzene rings is 2. The molecule has 2 aromatic rings. The average molecular weight is 436 g/mol. The normalized spacial score (nSPS) is 10.6. The number of halogens is 1. The predicted molar refractivity (Wildman–Crippen MR) is 104 cm³/mol. The minimum atomic E-state index is -0.518. The highest BCUT2D eigenvalue weighted by atomic mass is 79.9. The second kappa shape index (κ2) is 9.67. The van der Waals surface area contributed by atoms with Crippen LogP contribution < -0.4 is 14.9 Å². The number of para-hydroxylation sites is 1. The van der Waals surface area contributed by atoms with Crippen LogP contribution in [0.4, 0.5) is 5.69 Å². The number of nitro benzene ring substituents is 1. The third kappa shape index (κ3) is 5.52. The van der Waals surface area contributed by atoms with Crippen molar-refractivity contribution in [1.29, 1.82) is 0 Å². The molecule has 9 heteroatoms.